The summed E-state index contributed by atoms with van der Waals surface area (Å²) in [6.45, 7) is 4.07. The maximum Gasteiger partial charge on any atom is 0.222 e. The molecule has 3 nitrogen and oxygen atoms in total. The molecule has 0 bridgehead atoms. The van der Waals surface area contributed by atoms with Crippen LogP contribution >= 0.6 is 11.3 Å². The summed E-state index contributed by atoms with van der Waals surface area (Å²) in [7, 11) is 0. The van der Waals surface area contributed by atoms with Crippen LogP contribution in [0.4, 0.5) is 0 Å². The molecule has 0 spiro atoms. The molecule has 16 heavy (non-hydrogen) atoms. The molecule has 1 rings (SSSR count). The van der Waals surface area contributed by atoms with Crippen LogP contribution in [0.2, 0.25) is 0 Å². The fourth-order valence-corrected chi connectivity index (χ4v) is 2.36. The van der Waals surface area contributed by atoms with E-state index in [1.54, 1.807) is 11.3 Å². The van der Waals surface area contributed by atoms with Gasteiger partial charge < -0.3 is 11.1 Å². The van der Waals surface area contributed by atoms with E-state index in [1.807, 2.05) is 18.4 Å². The molecule has 4 heteroatoms. The molecule has 0 radical (unpaired) electrons. The van der Waals surface area contributed by atoms with Gasteiger partial charge in [-0.1, -0.05) is 19.9 Å². The first-order valence-electron chi connectivity index (χ1n) is 5.75. The summed E-state index contributed by atoms with van der Waals surface area (Å²) in [5.74, 6) is 0.0506. The molecule has 0 saturated carbocycles. The Hall–Kier alpha value is -0.870. The van der Waals surface area contributed by atoms with Crippen molar-refractivity contribution in [3.05, 3.63) is 22.4 Å². The lowest BCUT2D eigenvalue weighted by atomic mass is 10.1. The molecule has 0 aromatic carbocycles. The Kier molecular flexibility index (Phi) is 5.49. The third-order valence-electron chi connectivity index (χ3n) is 2.60. The van der Waals surface area contributed by atoms with Crippen molar-refractivity contribution in [1.82, 2.24) is 5.32 Å². The molecule has 2 atom stereocenters. The zero-order chi connectivity index (χ0) is 12.0. The molecule has 90 valence electrons. The molecular weight excluding hydrogens is 220 g/mol. The molecule has 3 N–H and O–H groups in total. The molecule has 1 aromatic rings. The summed E-state index contributed by atoms with van der Waals surface area (Å²) in [5, 5.41) is 5.06. The van der Waals surface area contributed by atoms with Gasteiger partial charge in [0.05, 0.1) is 6.04 Å². The number of thiophene rings is 1. The third-order valence-corrected chi connectivity index (χ3v) is 3.59. The van der Waals surface area contributed by atoms with Gasteiger partial charge in [-0.15, -0.1) is 11.3 Å². The highest BCUT2D eigenvalue weighted by Gasteiger charge is 2.14. The average molecular weight is 240 g/mol. The van der Waals surface area contributed by atoms with Gasteiger partial charge in [0.25, 0.3) is 0 Å². The SMILES string of the molecule is CCC(N)CC(=O)NC(CC)c1cccs1. The van der Waals surface area contributed by atoms with Gasteiger partial charge in [-0.05, 0) is 24.3 Å². The van der Waals surface area contributed by atoms with Crippen molar-refractivity contribution in [2.45, 2.75) is 45.2 Å². The standard InChI is InChI=1S/C12H20N2OS/c1-3-9(13)8-12(15)14-10(4-2)11-6-5-7-16-11/h5-7,9-10H,3-4,8,13H2,1-2H3,(H,14,15). The first kappa shape index (κ1) is 13.2. The van der Waals surface area contributed by atoms with Crippen molar-refractivity contribution >= 4 is 17.2 Å². The first-order valence-corrected chi connectivity index (χ1v) is 6.63. The fraction of sp³-hybridized carbons (Fsp3) is 0.583. The van der Waals surface area contributed by atoms with Gasteiger partial charge in [0, 0.05) is 17.3 Å². The Morgan fingerprint density at radius 2 is 2.25 bits per heavy atom. The minimum atomic E-state index is -0.0270. The van der Waals surface area contributed by atoms with Crippen molar-refractivity contribution in [2.75, 3.05) is 0 Å². The van der Waals surface area contributed by atoms with Crippen LogP contribution in [-0.4, -0.2) is 11.9 Å². The number of carbonyl (C=O) groups is 1. The summed E-state index contributed by atoms with van der Waals surface area (Å²) < 4.78 is 0. The lowest BCUT2D eigenvalue weighted by Crippen LogP contribution is -2.33. The van der Waals surface area contributed by atoms with E-state index in [2.05, 4.69) is 18.3 Å². The predicted octanol–water partition coefficient (Wildman–Crippen LogP) is 2.44. The Balaban J connectivity index is 2.48. The first-order chi connectivity index (χ1) is 7.67. The van der Waals surface area contributed by atoms with E-state index in [4.69, 9.17) is 5.73 Å². The second-order valence-electron chi connectivity index (χ2n) is 3.92. The van der Waals surface area contributed by atoms with Gasteiger partial charge >= 0.3 is 0 Å². The largest absolute Gasteiger partial charge is 0.348 e. The number of hydrogen-bond donors (Lipinski definition) is 2. The quantitative estimate of drug-likeness (QED) is 0.802. The monoisotopic (exact) mass is 240 g/mol. The van der Waals surface area contributed by atoms with Crippen LogP contribution in [0.3, 0.4) is 0 Å². The van der Waals surface area contributed by atoms with E-state index < -0.39 is 0 Å². The lowest BCUT2D eigenvalue weighted by molar-refractivity contribution is -0.122. The summed E-state index contributed by atoms with van der Waals surface area (Å²) in [4.78, 5) is 12.9. The molecular formula is C12H20N2OS. The molecule has 0 aliphatic rings. The van der Waals surface area contributed by atoms with Crippen LogP contribution in [-0.2, 0) is 4.79 Å². The number of hydrogen-bond acceptors (Lipinski definition) is 3. The predicted molar refractivity (Wildman–Crippen MR) is 68.4 cm³/mol. The Morgan fingerprint density at radius 1 is 1.50 bits per heavy atom. The van der Waals surface area contributed by atoms with Gasteiger partial charge in [0.15, 0.2) is 0 Å². The van der Waals surface area contributed by atoms with Crippen LogP contribution in [0.1, 0.15) is 44.0 Å². The van der Waals surface area contributed by atoms with E-state index >= 15 is 0 Å². The minimum Gasteiger partial charge on any atom is -0.348 e. The van der Waals surface area contributed by atoms with E-state index in [-0.39, 0.29) is 18.0 Å². The highest BCUT2D eigenvalue weighted by molar-refractivity contribution is 7.10. The summed E-state index contributed by atoms with van der Waals surface area (Å²) >= 11 is 1.68. The molecule has 0 fully saturated rings. The fourth-order valence-electron chi connectivity index (χ4n) is 1.50. The van der Waals surface area contributed by atoms with E-state index in [9.17, 15) is 4.79 Å². The minimum absolute atomic E-state index is 0.0270. The maximum atomic E-state index is 11.7. The number of carbonyl (C=O) groups excluding carboxylic acids is 1. The second kappa shape index (κ2) is 6.66. The second-order valence-corrected chi connectivity index (χ2v) is 4.90. The average Bonchev–Trinajstić information content (AvgIpc) is 2.79. The molecule has 2 unspecified atom stereocenters. The number of rotatable bonds is 6. The third kappa shape index (κ3) is 3.94. The highest BCUT2D eigenvalue weighted by atomic mass is 32.1. The van der Waals surface area contributed by atoms with Crippen molar-refractivity contribution in [3.8, 4) is 0 Å². The van der Waals surface area contributed by atoms with Crippen LogP contribution in [0.25, 0.3) is 0 Å². The summed E-state index contributed by atoms with van der Waals surface area (Å²) in [5.41, 5.74) is 5.75. The van der Waals surface area contributed by atoms with E-state index in [0.29, 0.717) is 6.42 Å². The van der Waals surface area contributed by atoms with Crippen molar-refractivity contribution in [2.24, 2.45) is 5.73 Å². The van der Waals surface area contributed by atoms with E-state index in [0.717, 1.165) is 12.8 Å². The molecule has 1 amide bonds. The van der Waals surface area contributed by atoms with E-state index in [1.165, 1.54) is 4.88 Å². The highest BCUT2D eigenvalue weighted by Crippen LogP contribution is 2.21. The van der Waals surface area contributed by atoms with Gasteiger partial charge in [-0.25, -0.2) is 0 Å². The topological polar surface area (TPSA) is 55.1 Å². The van der Waals surface area contributed by atoms with Gasteiger partial charge in [-0.3, -0.25) is 4.79 Å². The van der Waals surface area contributed by atoms with Gasteiger partial charge in [0.1, 0.15) is 0 Å². The molecule has 1 heterocycles. The van der Waals surface area contributed by atoms with Gasteiger partial charge in [0.2, 0.25) is 5.91 Å². The zero-order valence-corrected chi connectivity index (χ0v) is 10.7. The Labute approximate surface area is 101 Å². The normalized spacial score (nSPS) is 14.4. The van der Waals surface area contributed by atoms with Crippen molar-refractivity contribution in [1.29, 1.82) is 0 Å². The van der Waals surface area contributed by atoms with Crippen LogP contribution in [0, 0.1) is 0 Å². The Bertz CT molecular complexity index is 311. The van der Waals surface area contributed by atoms with Crippen molar-refractivity contribution < 1.29 is 4.79 Å². The molecule has 0 saturated heterocycles. The summed E-state index contributed by atoms with van der Waals surface area (Å²) in [6, 6.07) is 4.17. The van der Waals surface area contributed by atoms with Crippen LogP contribution in [0.15, 0.2) is 17.5 Å². The molecule has 0 aliphatic heterocycles. The molecule has 1 aromatic heterocycles. The van der Waals surface area contributed by atoms with Gasteiger partial charge in [-0.2, -0.15) is 0 Å². The number of amides is 1. The molecule has 0 aliphatic carbocycles. The smallest absolute Gasteiger partial charge is 0.222 e. The zero-order valence-electron chi connectivity index (χ0n) is 9.90. The number of nitrogens with two attached hydrogens (primary N) is 1. The van der Waals surface area contributed by atoms with Crippen LogP contribution in [0.5, 0.6) is 0 Å². The van der Waals surface area contributed by atoms with Crippen molar-refractivity contribution in [3.63, 3.8) is 0 Å². The van der Waals surface area contributed by atoms with Crippen LogP contribution < -0.4 is 11.1 Å². The lowest BCUT2D eigenvalue weighted by Gasteiger charge is -2.16. The number of nitrogens with one attached hydrogen (secondary N) is 1. The Morgan fingerprint density at radius 3 is 2.75 bits per heavy atom. The maximum absolute atomic E-state index is 11.7. The summed E-state index contributed by atoms with van der Waals surface area (Å²) in [6.07, 6.45) is 2.16.